The number of hydrogen-bond donors (Lipinski definition) is 3. The molecule has 0 aliphatic carbocycles. The fraction of sp³-hybridized carbons (Fsp3) is 0.294. The van der Waals surface area contributed by atoms with Crippen molar-refractivity contribution in [2.75, 3.05) is 13.6 Å². The number of rotatable bonds is 6. The van der Waals surface area contributed by atoms with Crippen LogP contribution >= 0.6 is 23.2 Å². The van der Waals surface area contributed by atoms with Crippen LogP contribution < -0.4 is 5.32 Å². The molecule has 0 aliphatic heterocycles. The number of amides is 2. The molecule has 3 N–H and O–H groups in total. The third kappa shape index (κ3) is 4.62. The van der Waals surface area contributed by atoms with E-state index in [9.17, 15) is 19.8 Å². The van der Waals surface area contributed by atoms with E-state index in [4.69, 9.17) is 23.2 Å². The van der Waals surface area contributed by atoms with E-state index in [0.717, 1.165) is 5.56 Å². The summed E-state index contributed by atoms with van der Waals surface area (Å²) in [5.41, 5.74) is 0.733. The molecular weight excluding hydrogens is 381 g/mol. The lowest BCUT2D eigenvalue weighted by atomic mass is 10.2. The first kappa shape index (κ1) is 19.9. The second kappa shape index (κ2) is 8.33. The number of carbonyl (C=O) groups is 2. The lowest BCUT2D eigenvalue weighted by molar-refractivity contribution is -0.118. The number of carbonyl (C=O) groups excluding carboxylic acids is 2. The summed E-state index contributed by atoms with van der Waals surface area (Å²) < 4.78 is 1.30. The summed E-state index contributed by atoms with van der Waals surface area (Å²) in [5.74, 6) is -1.61. The van der Waals surface area contributed by atoms with Crippen LogP contribution in [0.2, 0.25) is 10.0 Å². The van der Waals surface area contributed by atoms with Crippen molar-refractivity contribution >= 4 is 35.0 Å². The summed E-state index contributed by atoms with van der Waals surface area (Å²) in [6.45, 7) is 2.08. The normalized spacial score (nSPS) is 10.6. The number of nitrogens with one attached hydrogen (secondary N) is 1. The second-order valence-electron chi connectivity index (χ2n) is 5.80. The third-order valence-electron chi connectivity index (χ3n) is 3.73. The maximum Gasteiger partial charge on any atom is 0.259 e. The summed E-state index contributed by atoms with van der Waals surface area (Å²) in [6.07, 6.45) is 1.35. The van der Waals surface area contributed by atoms with Gasteiger partial charge >= 0.3 is 0 Å². The molecule has 2 aromatic rings. The van der Waals surface area contributed by atoms with Gasteiger partial charge in [-0.1, -0.05) is 29.3 Å². The third-order valence-corrected chi connectivity index (χ3v) is 4.47. The summed E-state index contributed by atoms with van der Waals surface area (Å²) >= 11 is 11.8. The smallest absolute Gasteiger partial charge is 0.259 e. The lowest BCUT2D eigenvalue weighted by Gasteiger charge is -2.17. The Bertz CT molecular complexity index is 836. The molecule has 2 rings (SSSR count). The van der Waals surface area contributed by atoms with E-state index < -0.39 is 17.5 Å². The minimum absolute atomic E-state index is 0.0344. The Hall–Kier alpha value is -2.38. The van der Waals surface area contributed by atoms with Gasteiger partial charge in [-0.2, -0.15) is 0 Å². The van der Waals surface area contributed by atoms with Gasteiger partial charge in [0.15, 0.2) is 5.75 Å². The van der Waals surface area contributed by atoms with Crippen molar-refractivity contribution in [2.45, 2.75) is 20.0 Å². The number of halogens is 2. The summed E-state index contributed by atoms with van der Waals surface area (Å²) in [5, 5.41) is 23.4. The monoisotopic (exact) mass is 399 g/mol. The Balaban J connectivity index is 2.12. The largest absolute Gasteiger partial charge is 0.503 e. The highest BCUT2D eigenvalue weighted by Gasteiger charge is 2.23. The molecule has 1 aromatic heterocycles. The van der Waals surface area contributed by atoms with E-state index in [1.54, 1.807) is 25.2 Å². The van der Waals surface area contributed by atoms with Crippen LogP contribution in [0.25, 0.3) is 0 Å². The summed E-state index contributed by atoms with van der Waals surface area (Å²) in [7, 11) is 1.57. The summed E-state index contributed by atoms with van der Waals surface area (Å²) in [6, 6.07) is 5.04. The quantitative estimate of drug-likeness (QED) is 0.695. The van der Waals surface area contributed by atoms with E-state index in [1.807, 2.05) is 0 Å². The van der Waals surface area contributed by atoms with Gasteiger partial charge in [0.05, 0.1) is 10.0 Å². The van der Waals surface area contributed by atoms with Gasteiger partial charge in [0, 0.05) is 39.8 Å². The highest BCUT2D eigenvalue weighted by molar-refractivity contribution is 6.42. The molecule has 2 amide bonds. The molecule has 9 heteroatoms. The molecule has 0 saturated carbocycles. The first-order valence-corrected chi connectivity index (χ1v) is 8.51. The summed E-state index contributed by atoms with van der Waals surface area (Å²) in [4.78, 5) is 24.9. The molecule has 1 heterocycles. The van der Waals surface area contributed by atoms with Crippen LogP contribution in [0.1, 0.15) is 22.8 Å². The zero-order valence-electron chi connectivity index (χ0n) is 14.3. The maximum absolute atomic E-state index is 12.6. The highest BCUT2D eigenvalue weighted by atomic mass is 35.5. The van der Waals surface area contributed by atoms with Crippen LogP contribution in [0.4, 0.5) is 0 Å². The Morgan fingerprint density at radius 1 is 1.23 bits per heavy atom. The zero-order chi connectivity index (χ0) is 19.4. The fourth-order valence-corrected chi connectivity index (χ4v) is 2.72. The minimum Gasteiger partial charge on any atom is -0.503 e. The molecule has 0 fully saturated rings. The number of aromatic nitrogens is 1. The Labute approximate surface area is 160 Å². The average Bonchev–Trinajstić information content (AvgIpc) is 2.85. The molecule has 26 heavy (non-hydrogen) atoms. The van der Waals surface area contributed by atoms with Crippen LogP contribution in [0.15, 0.2) is 24.4 Å². The van der Waals surface area contributed by atoms with Gasteiger partial charge in [0.2, 0.25) is 11.8 Å². The van der Waals surface area contributed by atoms with Crippen molar-refractivity contribution in [1.29, 1.82) is 0 Å². The Kier molecular flexibility index (Phi) is 6.39. The molecule has 0 spiro atoms. The van der Waals surface area contributed by atoms with E-state index in [1.165, 1.54) is 22.6 Å². The fourth-order valence-electron chi connectivity index (χ4n) is 2.40. The van der Waals surface area contributed by atoms with Crippen LogP contribution in [0.5, 0.6) is 11.6 Å². The van der Waals surface area contributed by atoms with Gasteiger partial charge in [0.25, 0.3) is 5.91 Å². The molecular formula is C17H19Cl2N3O4. The van der Waals surface area contributed by atoms with Crippen molar-refractivity contribution in [3.05, 3.63) is 45.6 Å². The van der Waals surface area contributed by atoms with E-state index in [2.05, 4.69) is 5.32 Å². The average molecular weight is 400 g/mol. The standard InChI is InChI=1S/C17H19Cl2N3O4/c1-10(23)20-5-6-22-9-12(15(24)17(22)26)16(25)21(2)8-11-3-4-13(18)14(19)7-11/h3-4,7,9,24,26H,5-6,8H2,1-2H3,(H,20,23). The van der Waals surface area contributed by atoms with Crippen molar-refractivity contribution in [3.63, 3.8) is 0 Å². The molecule has 140 valence electrons. The van der Waals surface area contributed by atoms with Crippen LogP contribution in [-0.4, -0.2) is 45.1 Å². The van der Waals surface area contributed by atoms with Crippen LogP contribution in [-0.2, 0) is 17.9 Å². The van der Waals surface area contributed by atoms with Gasteiger partial charge in [-0.3, -0.25) is 9.59 Å². The van der Waals surface area contributed by atoms with Gasteiger partial charge in [-0.05, 0) is 17.7 Å². The lowest BCUT2D eigenvalue weighted by Crippen LogP contribution is -2.26. The van der Waals surface area contributed by atoms with Gasteiger partial charge < -0.3 is 25.0 Å². The molecule has 1 aromatic carbocycles. The molecule has 0 atom stereocenters. The molecule has 0 unspecified atom stereocenters. The minimum atomic E-state index is -0.501. The van der Waals surface area contributed by atoms with E-state index in [0.29, 0.717) is 10.0 Å². The van der Waals surface area contributed by atoms with Crippen LogP contribution in [0.3, 0.4) is 0 Å². The first-order chi connectivity index (χ1) is 12.2. The van der Waals surface area contributed by atoms with Gasteiger partial charge in [0.1, 0.15) is 5.56 Å². The van der Waals surface area contributed by atoms with Crippen molar-refractivity contribution in [1.82, 2.24) is 14.8 Å². The maximum atomic E-state index is 12.6. The highest BCUT2D eigenvalue weighted by Crippen LogP contribution is 2.32. The van der Waals surface area contributed by atoms with Gasteiger partial charge in [-0.25, -0.2) is 0 Å². The van der Waals surface area contributed by atoms with Crippen molar-refractivity contribution in [2.24, 2.45) is 0 Å². The predicted molar refractivity (Wildman–Crippen MR) is 98.7 cm³/mol. The molecule has 7 nitrogen and oxygen atoms in total. The van der Waals surface area contributed by atoms with Crippen molar-refractivity contribution in [3.8, 4) is 11.6 Å². The zero-order valence-corrected chi connectivity index (χ0v) is 15.8. The second-order valence-corrected chi connectivity index (χ2v) is 6.62. The first-order valence-electron chi connectivity index (χ1n) is 7.75. The topological polar surface area (TPSA) is 94.8 Å². The SMILES string of the molecule is CC(=O)NCCn1cc(C(=O)N(C)Cc2ccc(Cl)c(Cl)c2)c(O)c1O. The van der Waals surface area contributed by atoms with Gasteiger partial charge in [-0.15, -0.1) is 0 Å². The number of aromatic hydroxyl groups is 2. The van der Waals surface area contributed by atoms with E-state index in [-0.39, 0.29) is 31.1 Å². The molecule has 0 radical (unpaired) electrons. The molecule has 0 bridgehead atoms. The van der Waals surface area contributed by atoms with E-state index >= 15 is 0 Å². The molecule has 0 saturated heterocycles. The number of hydrogen-bond acceptors (Lipinski definition) is 4. The molecule has 0 aliphatic rings. The van der Waals surface area contributed by atoms with Crippen LogP contribution in [0, 0.1) is 0 Å². The number of nitrogens with zero attached hydrogens (tertiary/aromatic N) is 2. The Morgan fingerprint density at radius 2 is 1.92 bits per heavy atom. The Morgan fingerprint density at radius 3 is 2.54 bits per heavy atom. The number of benzene rings is 1. The van der Waals surface area contributed by atoms with Crippen molar-refractivity contribution < 1.29 is 19.8 Å². The predicted octanol–water partition coefficient (Wildman–Crippen LogP) is 2.61.